The van der Waals surface area contributed by atoms with Crippen molar-refractivity contribution in [3.63, 3.8) is 0 Å². The Balaban J connectivity index is 1.60. The first-order valence-electron chi connectivity index (χ1n) is 10.1. The van der Waals surface area contributed by atoms with Crippen molar-refractivity contribution in [1.29, 1.82) is 0 Å². The van der Waals surface area contributed by atoms with Gasteiger partial charge in [-0.3, -0.25) is 4.90 Å². The number of imidazole rings is 1. The van der Waals surface area contributed by atoms with Crippen LogP contribution in [0.25, 0.3) is 11.3 Å². The number of likely N-dealkylation sites (tertiary alicyclic amines) is 1. The van der Waals surface area contributed by atoms with Crippen LogP contribution in [0.2, 0.25) is 0 Å². The third-order valence-electron chi connectivity index (χ3n) is 7.36. The number of benzene rings is 1. The van der Waals surface area contributed by atoms with Gasteiger partial charge in [0.15, 0.2) is 0 Å². The number of aromatic amines is 1. The highest BCUT2D eigenvalue weighted by molar-refractivity contribution is 9.10. The van der Waals surface area contributed by atoms with Gasteiger partial charge in [0.2, 0.25) is 0 Å². The summed E-state index contributed by atoms with van der Waals surface area (Å²) in [5, 5.41) is 10.2. The molecule has 0 unspecified atom stereocenters. The second-order valence-corrected chi connectivity index (χ2v) is 10.5. The number of rotatable bonds is 1. The molecule has 2 aliphatic carbocycles. The molecule has 2 fully saturated rings. The number of carbonyl (C=O) groups is 1. The van der Waals surface area contributed by atoms with Gasteiger partial charge >= 0.3 is 6.09 Å². The number of amides is 1. The van der Waals surface area contributed by atoms with Crippen LogP contribution in [0.5, 0.6) is 0 Å². The smallest absolute Gasteiger partial charge is 0.408 e. The van der Waals surface area contributed by atoms with Crippen LogP contribution in [0.4, 0.5) is 4.79 Å². The topological polar surface area (TPSA) is 69.2 Å². The third-order valence-corrected chi connectivity index (χ3v) is 7.85. The van der Waals surface area contributed by atoms with E-state index in [-0.39, 0.29) is 17.0 Å². The Morgan fingerprint density at radius 2 is 2.14 bits per heavy atom. The van der Waals surface area contributed by atoms with Crippen LogP contribution in [0.1, 0.15) is 63.2 Å². The van der Waals surface area contributed by atoms with Crippen LogP contribution in [0.15, 0.2) is 22.7 Å². The molecule has 0 spiro atoms. The normalized spacial score (nSPS) is 28.4. The van der Waals surface area contributed by atoms with E-state index in [1.165, 1.54) is 11.1 Å². The van der Waals surface area contributed by atoms with Crippen molar-refractivity contribution < 1.29 is 9.90 Å². The summed E-state index contributed by atoms with van der Waals surface area (Å²) in [6.45, 7) is 6.53. The van der Waals surface area contributed by atoms with Gasteiger partial charge in [0.25, 0.3) is 0 Å². The SMILES string of the molecule is CC(C)(C)[C@@]12CC[C@@H](C1)[C@@H](c1nc3c([nH]1)CCc1cc(Br)ccc1-3)N2C(=O)O. The highest BCUT2D eigenvalue weighted by Gasteiger charge is 2.64. The van der Waals surface area contributed by atoms with Crippen molar-refractivity contribution in [1.82, 2.24) is 14.9 Å². The van der Waals surface area contributed by atoms with E-state index in [4.69, 9.17) is 4.98 Å². The number of nitrogens with one attached hydrogen (secondary N) is 1. The number of aryl methyl sites for hydroxylation is 2. The lowest BCUT2D eigenvalue weighted by molar-refractivity contribution is -0.00357. The van der Waals surface area contributed by atoms with Gasteiger partial charge in [0.1, 0.15) is 5.82 Å². The van der Waals surface area contributed by atoms with Crippen LogP contribution in [-0.4, -0.2) is 31.6 Å². The maximum atomic E-state index is 12.4. The van der Waals surface area contributed by atoms with Crippen molar-refractivity contribution in [2.75, 3.05) is 0 Å². The molecular weight excluding hydrogens is 418 g/mol. The van der Waals surface area contributed by atoms with E-state index in [1.807, 2.05) is 0 Å². The van der Waals surface area contributed by atoms with Crippen LogP contribution in [-0.2, 0) is 12.8 Å². The molecule has 3 atom stereocenters. The first kappa shape index (κ1) is 18.2. The molecule has 2 N–H and O–H groups in total. The van der Waals surface area contributed by atoms with Gasteiger partial charge in [-0.2, -0.15) is 0 Å². The lowest BCUT2D eigenvalue weighted by atomic mass is 9.72. The number of hydrogen-bond donors (Lipinski definition) is 2. The standard InChI is InChI=1S/C22H26BrN3O2/c1-21(2,3)22-9-8-13(11-22)18(26(22)20(27)28)19-24-16-7-4-12-10-14(23)5-6-15(12)17(16)25-19/h5-6,10,13,18H,4,7-9,11H2,1-3H3,(H,24,25)(H,27,28)/t13-,18-,22+/m0/s1. The van der Waals surface area contributed by atoms with Crippen molar-refractivity contribution in [2.24, 2.45) is 11.3 Å². The highest BCUT2D eigenvalue weighted by atomic mass is 79.9. The van der Waals surface area contributed by atoms with Gasteiger partial charge < -0.3 is 10.1 Å². The molecule has 1 aromatic carbocycles. The molecule has 28 heavy (non-hydrogen) atoms. The van der Waals surface area contributed by atoms with Crippen LogP contribution >= 0.6 is 15.9 Å². The van der Waals surface area contributed by atoms with Gasteiger partial charge in [-0.15, -0.1) is 0 Å². The zero-order valence-electron chi connectivity index (χ0n) is 16.6. The molecule has 1 aromatic heterocycles. The summed E-state index contributed by atoms with van der Waals surface area (Å²) in [6.07, 6.45) is 4.03. The largest absolute Gasteiger partial charge is 0.465 e. The molecular formula is C22H26BrN3O2. The maximum Gasteiger partial charge on any atom is 0.408 e. The zero-order valence-corrected chi connectivity index (χ0v) is 18.1. The van der Waals surface area contributed by atoms with Crippen LogP contribution in [0.3, 0.4) is 0 Å². The van der Waals surface area contributed by atoms with Gasteiger partial charge in [-0.1, -0.05) is 42.8 Å². The first-order chi connectivity index (χ1) is 13.2. The monoisotopic (exact) mass is 443 g/mol. The average Bonchev–Trinajstić information content (AvgIpc) is 3.32. The van der Waals surface area contributed by atoms with Crippen molar-refractivity contribution in [2.45, 2.75) is 64.5 Å². The Morgan fingerprint density at radius 1 is 1.36 bits per heavy atom. The fourth-order valence-corrected chi connectivity index (χ4v) is 6.36. The second-order valence-electron chi connectivity index (χ2n) is 9.63. The summed E-state index contributed by atoms with van der Waals surface area (Å²) >= 11 is 3.56. The molecule has 1 saturated carbocycles. The molecule has 2 heterocycles. The van der Waals surface area contributed by atoms with Gasteiger partial charge in [0.05, 0.1) is 17.3 Å². The van der Waals surface area contributed by atoms with Crippen molar-refractivity contribution >= 4 is 22.0 Å². The number of H-pyrrole nitrogens is 1. The van der Waals surface area contributed by atoms with E-state index in [9.17, 15) is 9.90 Å². The van der Waals surface area contributed by atoms with E-state index in [1.54, 1.807) is 4.90 Å². The van der Waals surface area contributed by atoms with Crippen LogP contribution < -0.4 is 0 Å². The summed E-state index contributed by atoms with van der Waals surface area (Å²) in [7, 11) is 0. The Kier molecular flexibility index (Phi) is 3.81. The number of halogens is 1. The predicted molar refractivity (Wildman–Crippen MR) is 111 cm³/mol. The van der Waals surface area contributed by atoms with E-state index in [0.717, 1.165) is 53.8 Å². The minimum atomic E-state index is -0.819. The maximum absolute atomic E-state index is 12.4. The number of nitrogens with zero attached hydrogens (tertiary/aromatic N) is 2. The van der Waals surface area contributed by atoms with E-state index in [0.29, 0.717) is 5.92 Å². The minimum absolute atomic E-state index is 0.0972. The number of fused-ring (bicyclic) bond motifs is 5. The molecule has 0 radical (unpaired) electrons. The average molecular weight is 444 g/mol. The van der Waals surface area contributed by atoms with Gasteiger partial charge in [-0.25, -0.2) is 9.78 Å². The second kappa shape index (κ2) is 5.85. The third kappa shape index (κ3) is 2.36. The quantitative estimate of drug-likeness (QED) is 0.605. The summed E-state index contributed by atoms with van der Waals surface area (Å²) in [5.74, 6) is 1.17. The number of carboxylic acid groups (broad SMARTS) is 1. The number of piperidine rings is 1. The Morgan fingerprint density at radius 3 is 2.86 bits per heavy atom. The lowest BCUT2D eigenvalue weighted by Gasteiger charge is -2.48. The zero-order chi connectivity index (χ0) is 19.8. The molecule has 1 aliphatic heterocycles. The number of hydrogen-bond acceptors (Lipinski definition) is 2. The van der Waals surface area contributed by atoms with Crippen molar-refractivity contribution in [3.8, 4) is 11.3 Å². The molecule has 2 aromatic rings. The van der Waals surface area contributed by atoms with Gasteiger partial charge in [0, 0.05) is 15.7 Å². The summed E-state index contributed by atoms with van der Waals surface area (Å²) in [4.78, 5) is 22.7. The number of aromatic nitrogens is 2. The van der Waals surface area contributed by atoms with E-state index >= 15 is 0 Å². The predicted octanol–water partition coefficient (Wildman–Crippen LogP) is 5.56. The molecule has 3 aliphatic rings. The fraction of sp³-hybridized carbons (Fsp3) is 0.545. The van der Waals surface area contributed by atoms with E-state index in [2.05, 4.69) is 59.9 Å². The van der Waals surface area contributed by atoms with Crippen molar-refractivity contribution in [3.05, 3.63) is 39.8 Å². The molecule has 148 valence electrons. The molecule has 1 saturated heterocycles. The molecule has 1 amide bonds. The Hall–Kier alpha value is -1.82. The van der Waals surface area contributed by atoms with E-state index < -0.39 is 6.09 Å². The van der Waals surface area contributed by atoms with Crippen LogP contribution in [0, 0.1) is 11.3 Å². The van der Waals surface area contributed by atoms with Gasteiger partial charge in [-0.05, 0) is 61.1 Å². The summed E-state index contributed by atoms with van der Waals surface area (Å²) in [5.41, 5.74) is 4.21. The lowest BCUT2D eigenvalue weighted by Crippen LogP contribution is -2.56. The molecule has 5 nitrogen and oxygen atoms in total. The molecule has 5 rings (SSSR count). The molecule has 2 bridgehead atoms. The highest BCUT2D eigenvalue weighted by Crippen LogP contribution is 2.62. The summed E-state index contributed by atoms with van der Waals surface area (Å²) in [6, 6.07) is 6.17. The Bertz CT molecular complexity index is 977. The first-order valence-corrected chi connectivity index (χ1v) is 10.9. The minimum Gasteiger partial charge on any atom is -0.465 e. The fourth-order valence-electron chi connectivity index (χ4n) is 5.95. The Labute approximate surface area is 173 Å². The molecule has 6 heteroatoms. The summed E-state index contributed by atoms with van der Waals surface area (Å²) < 4.78 is 1.09.